The number of aliphatic carboxylic acids is 1. The van der Waals surface area contributed by atoms with Crippen molar-refractivity contribution in [2.75, 3.05) is 19.7 Å². The number of carbonyl (C=O) groups excluding carboxylic acids is 1. The molecular formula is C17H20F3NO4. The molecule has 1 atom stereocenters. The fourth-order valence-electron chi connectivity index (χ4n) is 2.92. The molecule has 0 bridgehead atoms. The monoisotopic (exact) mass is 359 g/mol. The molecule has 25 heavy (non-hydrogen) atoms. The summed E-state index contributed by atoms with van der Waals surface area (Å²) in [5, 5.41) is 9.47. The van der Waals surface area contributed by atoms with Gasteiger partial charge in [-0.1, -0.05) is 13.8 Å². The molecule has 2 rings (SSSR count). The summed E-state index contributed by atoms with van der Waals surface area (Å²) in [6, 6.07) is 4.05. The van der Waals surface area contributed by atoms with Crippen molar-refractivity contribution >= 4 is 11.9 Å². The van der Waals surface area contributed by atoms with Crippen molar-refractivity contribution in [2.45, 2.75) is 26.4 Å². The average Bonchev–Trinajstić information content (AvgIpc) is 2.99. The molecule has 0 spiro atoms. The van der Waals surface area contributed by atoms with Gasteiger partial charge in [0.05, 0.1) is 11.0 Å². The summed E-state index contributed by atoms with van der Waals surface area (Å²) in [6.07, 6.45) is -4.06. The van der Waals surface area contributed by atoms with Gasteiger partial charge in [-0.25, -0.2) is 0 Å². The molecule has 0 aromatic heterocycles. The molecule has 1 aliphatic heterocycles. The fourth-order valence-corrected chi connectivity index (χ4v) is 2.92. The van der Waals surface area contributed by atoms with Crippen molar-refractivity contribution in [2.24, 2.45) is 11.3 Å². The van der Waals surface area contributed by atoms with Gasteiger partial charge in [0, 0.05) is 13.1 Å². The van der Waals surface area contributed by atoms with Crippen LogP contribution in [-0.4, -0.2) is 41.6 Å². The summed E-state index contributed by atoms with van der Waals surface area (Å²) in [5.74, 6) is -1.29. The Labute approximate surface area is 143 Å². The van der Waals surface area contributed by atoms with E-state index in [0.29, 0.717) is 13.0 Å². The second-order valence-electron chi connectivity index (χ2n) is 6.49. The number of benzene rings is 1. The lowest BCUT2D eigenvalue weighted by Crippen LogP contribution is -2.41. The van der Waals surface area contributed by atoms with Crippen LogP contribution < -0.4 is 4.74 Å². The Morgan fingerprint density at radius 1 is 1.28 bits per heavy atom. The molecule has 1 heterocycles. The van der Waals surface area contributed by atoms with E-state index in [0.717, 1.165) is 24.3 Å². The van der Waals surface area contributed by atoms with Crippen LogP contribution in [0, 0.1) is 11.3 Å². The Morgan fingerprint density at radius 3 is 2.32 bits per heavy atom. The number of carbonyl (C=O) groups is 2. The second-order valence-corrected chi connectivity index (χ2v) is 6.49. The Kier molecular flexibility index (Phi) is 5.29. The van der Waals surface area contributed by atoms with Crippen molar-refractivity contribution in [3.8, 4) is 5.75 Å². The minimum absolute atomic E-state index is 0.106. The number of nitrogens with zero attached hydrogens (tertiary/aromatic N) is 1. The third kappa shape index (κ3) is 4.05. The van der Waals surface area contributed by atoms with Gasteiger partial charge in [0.1, 0.15) is 5.75 Å². The predicted molar refractivity (Wildman–Crippen MR) is 83.0 cm³/mol. The summed E-state index contributed by atoms with van der Waals surface area (Å²) < 4.78 is 42.7. The Morgan fingerprint density at radius 2 is 1.88 bits per heavy atom. The molecule has 1 amide bonds. The molecule has 138 valence electrons. The molecule has 1 aliphatic rings. The van der Waals surface area contributed by atoms with Crippen LogP contribution in [0.2, 0.25) is 0 Å². The van der Waals surface area contributed by atoms with Crippen LogP contribution in [0.15, 0.2) is 24.3 Å². The highest BCUT2D eigenvalue weighted by Crippen LogP contribution is 2.38. The lowest BCUT2D eigenvalue weighted by Gasteiger charge is -2.28. The molecule has 1 aromatic rings. The summed E-state index contributed by atoms with van der Waals surface area (Å²) >= 11 is 0. The number of halogens is 3. The number of hydrogen-bond donors (Lipinski definition) is 1. The van der Waals surface area contributed by atoms with E-state index in [1.54, 1.807) is 13.8 Å². The number of carboxylic acid groups (broad SMARTS) is 1. The minimum Gasteiger partial charge on any atom is -0.484 e. The first kappa shape index (κ1) is 19.1. The largest absolute Gasteiger partial charge is 0.484 e. The predicted octanol–water partition coefficient (Wildman–Crippen LogP) is 3.04. The van der Waals surface area contributed by atoms with Gasteiger partial charge in [-0.3, -0.25) is 9.59 Å². The van der Waals surface area contributed by atoms with Gasteiger partial charge in [-0.05, 0) is 36.6 Å². The molecule has 1 aromatic carbocycles. The van der Waals surface area contributed by atoms with E-state index in [1.807, 2.05) is 0 Å². The normalized spacial score (nSPS) is 20.8. The summed E-state index contributed by atoms with van der Waals surface area (Å²) in [5.41, 5.74) is -1.77. The third-order valence-electron chi connectivity index (χ3n) is 4.73. The van der Waals surface area contributed by atoms with E-state index in [9.17, 15) is 27.9 Å². The highest BCUT2D eigenvalue weighted by atomic mass is 19.4. The molecule has 0 aliphatic carbocycles. The van der Waals surface area contributed by atoms with E-state index in [2.05, 4.69) is 0 Å². The van der Waals surface area contributed by atoms with Gasteiger partial charge in [0.2, 0.25) is 0 Å². The molecule has 1 N–H and O–H groups in total. The van der Waals surface area contributed by atoms with E-state index in [-0.39, 0.29) is 30.7 Å². The molecular weight excluding hydrogens is 339 g/mol. The smallest absolute Gasteiger partial charge is 0.416 e. The quantitative estimate of drug-likeness (QED) is 0.878. The van der Waals surface area contributed by atoms with E-state index < -0.39 is 23.1 Å². The topological polar surface area (TPSA) is 66.8 Å². The number of alkyl halides is 3. The number of ether oxygens (including phenoxy) is 1. The lowest BCUT2D eigenvalue weighted by molar-refractivity contribution is -0.151. The highest BCUT2D eigenvalue weighted by Gasteiger charge is 2.48. The molecule has 1 unspecified atom stereocenters. The van der Waals surface area contributed by atoms with Gasteiger partial charge in [0.15, 0.2) is 6.61 Å². The lowest BCUT2D eigenvalue weighted by atomic mass is 9.76. The number of carboxylic acids is 1. The van der Waals surface area contributed by atoms with Crippen LogP contribution in [-0.2, 0) is 15.8 Å². The first-order chi connectivity index (χ1) is 11.6. The van der Waals surface area contributed by atoms with Gasteiger partial charge in [-0.15, -0.1) is 0 Å². The highest BCUT2D eigenvalue weighted by molar-refractivity contribution is 5.81. The van der Waals surface area contributed by atoms with E-state index in [1.165, 1.54) is 4.90 Å². The number of likely N-dealkylation sites (tertiary alicyclic amines) is 1. The molecule has 0 radical (unpaired) electrons. The first-order valence-corrected chi connectivity index (χ1v) is 7.87. The molecule has 1 fully saturated rings. The van der Waals surface area contributed by atoms with Gasteiger partial charge in [0.25, 0.3) is 5.91 Å². The Hall–Kier alpha value is -2.25. The van der Waals surface area contributed by atoms with Crippen LogP contribution in [0.5, 0.6) is 5.75 Å². The van der Waals surface area contributed by atoms with Crippen molar-refractivity contribution < 1.29 is 32.6 Å². The third-order valence-corrected chi connectivity index (χ3v) is 4.73. The van der Waals surface area contributed by atoms with Gasteiger partial charge in [-0.2, -0.15) is 13.2 Å². The number of amides is 1. The summed E-state index contributed by atoms with van der Waals surface area (Å²) in [4.78, 5) is 25.2. The van der Waals surface area contributed by atoms with Gasteiger partial charge >= 0.3 is 12.1 Å². The maximum Gasteiger partial charge on any atom is 0.416 e. The van der Waals surface area contributed by atoms with Crippen LogP contribution in [0.25, 0.3) is 0 Å². The standard InChI is InChI=1S/C17H20F3NO4/c1-11(2)16(15(23)24)7-8-21(10-16)14(22)9-25-13-5-3-12(4-6-13)17(18,19)20/h3-6,11H,7-10H2,1-2H3,(H,23,24). The number of rotatable bonds is 5. The Bertz CT molecular complexity index is 642. The van der Waals surface area contributed by atoms with Crippen molar-refractivity contribution in [1.29, 1.82) is 0 Å². The first-order valence-electron chi connectivity index (χ1n) is 7.87. The minimum atomic E-state index is -4.43. The zero-order chi connectivity index (χ0) is 18.8. The maximum absolute atomic E-state index is 12.5. The second kappa shape index (κ2) is 6.93. The summed E-state index contributed by atoms with van der Waals surface area (Å²) in [6.45, 7) is 3.69. The van der Waals surface area contributed by atoms with E-state index >= 15 is 0 Å². The molecule has 8 heteroatoms. The van der Waals surface area contributed by atoms with Gasteiger partial charge < -0.3 is 14.7 Å². The molecule has 5 nitrogen and oxygen atoms in total. The van der Waals surface area contributed by atoms with Crippen molar-refractivity contribution in [3.05, 3.63) is 29.8 Å². The fraction of sp³-hybridized carbons (Fsp3) is 0.529. The SMILES string of the molecule is CC(C)C1(C(=O)O)CCN(C(=O)COc2ccc(C(F)(F)F)cc2)C1. The van der Waals surface area contributed by atoms with Crippen LogP contribution >= 0.6 is 0 Å². The van der Waals surface area contributed by atoms with Crippen LogP contribution in [0.4, 0.5) is 13.2 Å². The number of hydrogen-bond acceptors (Lipinski definition) is 3. The molecule has 1 saturated heterocycles. The van der Waals surface area contributed by atoms with Crippen molar-refractivity contribution in [3.63, 3.8) is 0 Å². The zero-order valence-electron chi connectivity index (χ0n) is 14.0. The maximum atomic E-state index is 12.5. The van der Waals surface area contributed by atoms with Crippen LogP contribution in [0.1, 0.15) is 25.8 Å². The van der Waals surface area contributed by atoms with Crippen LogP contribution in [0.3, 0.4) is 0 Å². The average molecular weight is 359 g/mol. The molecule has 0 saturated carbocycles. The zero-order valence-corrected chi connectivity index (χ0v) is 14.0. The Balaban J connectivity index is 1.94. The van der Waals surface area contributed by atoms with E-state index in [4.69, 9.17) is 4.74 Å². The summed E-state index contributed by atoms with van der Waals surface area (Å²) in [7, 11) is 0. The van der Waals surface area contributed by atoms with Crippen molar-refractivity contribution in [1.82, 2.24) is 4.90 Å².